The molecule has 1 fully saturated rings. The molecule has 1 saturated heterocycles. The number of hydrogen-bond acceptors (Lipinski definition) is 3. The number of carbonyl (C=O) groups excluding carboxylic acids is 1. The van der Waals surface area contributed by atoms with Crippen molar-refractivity contribution in [3.05, 3.63) is 48.2 Å². The minimum Gasteiger partial charge on any atom is -0.481 e. The van der Waals surface area contributed by atoms with Crippen molar-refractivity contribution in [1.82, 2.24) is 4.90 Å². The molecule has 1 aliphatic heterocycles. The number of aliphatic carboxylic acids is 1. The Bertz CT molecular complexity index is 990. The monoisotopic (exact) mass is 351 g/mol. The second-order valence-corrected chi connectivity index (χ2v) is 7.10. The van der Waals surface area contributed by atoms with Gasteiger partial charge < -0.3 is 14.4 Å². The molecule has 134 valence electrons. The highest BCUT2D eigenvalue weighted by molar-refractivity contribution is 6.06. The van der Waals surface area contributed by atoms with Crippen LogP contribution in [-0.4, -0.2) is 34.5 Å². The lowest BCUT2D eigenvalue weighted by Crippen LogP contribution is -2.47. The number of amides is 1. The predicted molar refractivity (Wildman–Crippen MR) is 99.0 cm³/mol. The zero-order valence-corrected chi connectivity index (χ0v) is 14.6. The SMILES string of the molecule is CC1CCC(C(=O)O)CN1C(=O)Cc1cc2c(ccc3ccccc32)o1. The van der Waals surface area contributed by atoms with E-state index in [-0.39, 0.29) is 24.9 Å². The number of hydrogen-bond donors (Lipinski definition) is 1. The van der Waals surface area contributed by atoms with Crippen LogP contribution < -0.4 is 0 Å². The molecular formula is C21H21NO4. The minimum atomic E-state index is -0.829. The molecular weight excluding hydrogens is 330 g/mol. The van der Waals surface area contributed by atoms with Crippen molar-refractivity contribution in [2.45, 2.75) is 32.2 Å². The highest BCUT2D eigenvalue weighted by Gasteiger charge is 2.32. The molecule has 2 aromatic carbocycles. The van der Waals surface area contributed by atoms with E-state index in [0.29, 0.717) is 18.6 Å². The van der Waals surface area contributed by atoms with Gasteiger partial charge in [-0.05, 0) is 42.7 Å². The fraction of sp³-hybridized carbons (Fsp3) is 0.333. The molecule has 3 aromatic rings. The number of piperidine rings is 1. The number of carbonyl (C=O) groups is 2. The van der Waals surface area contributed by atoms with Crippen molar-refractivity contribution in [3.63, 3.8) is 0 Å². The van der Waals surface area contributed by atoms with Crippen molar-refractivity contribution in [1.29, 1.82) is 0 Å². The smallest absolute Gasteiger partial charge is 0.308 e. The number of benzene rings is 2. The maximum Gasteiger partial charge on any atom is 0.308 e. The van der Waals surface area contributed by atoms with Gasteiger partial charge in [0, 0.05) is 18.0 Å². The molecule has 5 nitrogen and oxygen atoms in total. The molecule has 0 spiro atoms. The Morgan fingerprint density at radius 1 is 1.15 bits per heavy atom. The van der Waals surface area contributed by atoms with Gasteiger partial charge in [-0.2, -0.15) is 0 Å². The van der Waals surface area contributed by atoms with E-state index in [1.807, 2.05) is 49.4 Å². The van der Waals surface area contributed by atoms with E-state index in [0.717, 1.165) is 21.7 Å². The predicted octanol–water partition coefficient (Wildman–Crippen LogP) is 3.84. The van der Waals surface area contributed by atoms with E-state index < -0.39 is 11.9 Å². The summed E-state index contributed by atoms with van der Waals surface area (Å²) in [5.41, 5.74) is 0.765. The lowest BCUT2D eigenvalue weighted by Gasteiger charge is -2.36. The number of carboxylic acids is 1. The average Bonchev–Trinajstić information content (AvgIpc) is 3.04. The fourth-order valence-electron chi connectivity index (χ4n) is 3.84. The maximum atomic E-state index is 12.8. The topological polar surface area (TPSA) is 70.8 Å². The van der Waals surface area contributed by atoms with Crippen molar-refractivity contribution >= 4 is 33.6 Å². The van der Waals surface area contributed by atoms with Crippen LogP contribution in [0.1, 0.15) is 25.5 Å². The van der Waals surface area contributed by atoms with Gasteiger partial charge in [-0.3, -0.25) is 9.59 Å². The van der Waals surface area contributed by atoms with Crippen molar-refractivity contribution in [2.24, 2.45) is 5.92 Å². The number of carboxylic acid groups (broad SMARTS) is 1. The van der Waals surface area contributed by atoms with Gasteiger partial charge >= 0.3 is 5.97 Å². The van der Waals surface area contributed by atoms with Crippen LogP contribution in [0.5, 0.6) is 0 Å². The van der Waals surface area contributed by atoms with Crippen LogP contribution in [0.2, 0.25) is 0 Å². The van der Waals surface area contributed by atoms with Gasteiger partial charge in [0.2, 0.25) is 5.91 Å². The molecule has 0 radical (unpaired) electrons. The third-order valence-corrected chi connectivity index (χ3v) is 5.35. The van der Waals surface area contributed by atoms with Crippen LogP contribution >= 0.6 is 0 Å². The van der Waals surface area contributed by atoms with Gasteiger partial charge in [-0.25, -0.2) is 0 Å². The first kappa shape index (κ1) is 16.6. The number of fused-ring (bicyclic) bond motifs is 3. The second-order valence-electron chi connectivity index (χ2n) is 7.10. The summed E-state index contributed by atoms with van der Waals surface area (Å²) in [6.07, 6.45) is 1.49. The Hall–Kier alpha value is -2.82. The number of likely N-dealkylation sites (tertiary alicyclic amines) is 1. The van der Waals surface area contributed by atoms with E-state index >= 15 is 0 Å². The molecule has 0 saturated carbocycles. The normalized spacial score (nSPS) is 20.6. The molecule has 1 aromatic heterocycles. The second kappa shape index (κ2) is 6.48. The Morgan fingerprint density at radius 3 is 2.77 bits per heavy atom. The third kappa shape index (κ3) is 2.94. The van der Waals surface area contributed by atoms with Gasteiger partial charge in [-0.15, -0.1) is 0 Å². The molecule has 4 rings (SSSR count). The summed E-state index contributed by atoms with van der Waals surface area (Å²) in [4.78, 5) is 25.7. The van der Waals surface area contributed by atoms with Gasteiger partial charge in [0.05, 0.1) is 12.3 Å². The van der Waals surface area contributed by atoms with Crippen LogP contribution in [0.4, 0.5) is 0 Å². The molecule has 2 heterocycles. The Kier molecular flexibility index (Phi) is 4.15. The summed E-state index contributed by atoms with van der Waals surface area (Å²) in [5, 5.41) is 12.5. The van der Waals surface area contributed by atoms with Crippen LogP contribution in [0.15, 0.2) is 46.9 Å². The van der Waals surface area contributed by atoms with Crippen molar-refractivity contribution < 1.29 is 19.1 Å². The summed E-state index contributed by atoms with van der Waals surface area (Å²) in [6, 6.07) is 14.0. The largest absolute Gasteiger partial charge is 0.481 e. The Morgan fingerprint density at radius 2 is 1.96 bits per heavy atom. The summed E-state index contributed by atoms with van der Waals surface area (Å²) < 4.78 is 5.88. The first-order valence-electron chi connectivity index (χ1n) is 8.95. The maximum absolute atomic E-state index is 12.8. The Balaban J connectivity index is 1.59. The van der Waals surface area contributed by atoms with E-state index in [4.69, 9.17) is 4.42 Å². The molecule has 1 amide bonds. The third-order valence-electron chi connectivity index (χ3n) is 5.35. The molecule has 1 N–H and O–H groups in total. The molecule has 2 unspecified atom stereocenters. The quantitative estimate of drug-likeness (QED) is 0.778. The summed E-state index contributed by atoms with van der Waals surface area (Å²) in [6.45, 7) is 2.25. The van der Waals surface area contributed by atoms with Crippen LogP contribution in [-0.2, 0) is 16.0 Å². The molecule has 5 heteroatoms. The lowest BCUT2D eigenvalue weighted by molar-refractivity contribution is -0.147. The molecule has 1 aliphatic rings. The van der Waals surface area contributed by atoms with Crippen molar-refractivity contribution in [2.75, 3.05) is 6.54 Å². The highest BCUT2D eigenvalue weighted by atomic mass is 16.4. The fourth-order valence-corrected chi connectivity index (χ4v) is 3.84. The lowest BCUT2D eigenvalue weighted by atomic mass is 9.93. The molecule has 2 atom stereocenters. The number of furan rings is 1. The average molecular weight is 351 g/mol. The first-order valence-corrected chi connectivity index (χ1v) is 8.95. The summed E-state index contributed by atoms with van der Waals surface area (Å²) in [5.74, 6) is -0.766. The summed E-state index contributed by atoms with van der Waals surface area (Å²) >= 11 is 0. The zero-order valence-electron chi connectivity index (χ0n) is 14.6. The van der Waals surface area contributed by atoms with Gasteiger partial charge in [-0.1, -0.05) is 30.3 Å². The van der Waals surface area contributed by atoms with Crippen LogP contribution in [0, 0.1) is 5.92 Å². The van der Waals surface area contributed by atoms with Crippen LogP contribution in [0.25, 0.3) is 21.7 Å². The molecule has 0 bridgehead atoms. The van der Waals surface area contributed by atoms with E-state index in [1.165, 1.54) is 0 Å². The van der Waals surface area contributed by atoms with E-state index in [1.54, 1.807) is 4.90 Å². The Labute approximate surface area is 151 Å². The molecule has 0 aliphatic carbocycles. The highest BCUT2D eigenvalue weighted by Crippen LogP contribution is 2.29. The van der Waals surface area contributed by atoms with E-state index in [9.17, 15) is 14.7 Å². The first-order chi connectivity index (χ1) is 12.5. The standard InChI is InChI=1S/C21H21NO4/c1-13-6-7-15(21(24)25)12-22(13)20(23)11-16-10-18-17-5-3-2-4-14(17)8-9-19(18)26-16/h2-5,8-10,13,15H,6-7,11-12H2,1H3,(H,24,25). The number of nitrogens with zero attached hydrogens (tertiary/aromatic N) is 1. The van der Waals surface area contributed by atoms with Crippen molar-refractivity contribution in [3.8, 4) is 0 Å². The summed E-state index contributed by atoms with van der Waals surface area (Å²) in [7, 11) is 0. The number of rotatable bonds is 3. The van der Waals surface area contributed by atoms with Gasteiger partial charge in [0.1, 0.15) is 11.3 Å². The van der Waals surface area contributed by atoms with Crippen LogP contribution in [0.3, 0.4) is 0 Å². The zero-order chi connectivity index (χ0) is 18.3. The van der Waals surface area contributed by atoms with E-state index in [2.05, 4.69) is 0 Å². The molecule has 26 heavy (non-hydrogen) atoms. The van der Waals surface area contributed by atoms with Gasteiger partial charge in [0.25, 0.3) is 0 Å². The van der Waals surface area contributed by atoms with Gasteiger partial charge in [0.15, 0.2) is 0 Å². The minimum absolute atomic E-state index is 0.0586.